The molecule has 0 aliphatic heterocycles. The highest BCUT2D eigenvalue weighted by Gasteiger charge is 2.04. The van der Waals surface area contributed by atoms with Crippen molar-refractivity contribution in [2.75, 3.05) is 11.9 Å². The second kappa shape index (κ2) is 5.68. The third kappa shape index (κ3) is 2.97. The van der Waals surface area contributed by atoms with Gasteiger partial charge in [-0.2, -0.15) is 0 Å². The monoisotopic (exact) mass is 291 g/mol. The second-order valence-corrected chi connectivity index (χ2v) is 4.49. The van der Waals surface area contributed by atoms with Crippen LogP contribution in [-0.2, 0) is 6.54 Å². The lowest BCUT2D eigenvalue weighted by molar-refractivity contribution is 0.799. The third-order valence-electron chi connectivity index (χ3n) is 2.42. The van der Waals surface area contributed by atoms with Crippen molar-refractivity contribution in [2.45, 2.75) is 6.54 Å². The first-order valence-electron chi connectivity index (χ1n) is 5.40. The number of imidazole rings is 1. The molecule has 2 aromatic rings. The zero-order valence-corrected chi connectivity index (χ0v) is 11.0. The maximum Gasteiger partial charge on any atom is 0.203 e. The highest BCUT2D eigenvalue weighted by Crippen LogP contribution is 2.18. The summed E-state index contributed by atoms with van der Waals surface area (Å²) in [6.07, 6.45) is 5.57. The smallest absolute Gasteiger partial charge is 0.203 e. The first-order valence-corrected chi connectivity index (χ1v) is 6.20. The molecule has 2 rings (SSSR count). The second-order valence-electron chi connectivity index (χ2n) is 3.64. The maximum atomic E-state index is 4.27. The van der Waals surface area contributed by atoms with Gasteiger partial charge in [0.2, 0.25) is 5.95 Å². The largest absolute Gasteiger partial charge is 0.352 e. The Morgan fingerprint density at radius 1 is 1.41 bits per heavy atom. The quantitative estimate of drug-likeness (QED) is 0.857. The van der Waals surface area contributed by atoms with Gasteiger partial charge in [0, 0.05) is 23.4 Å². The van der Waals surface area contributed by atoms with Crippen LogP contribution in [0.15, 0.2) is 53.8 Å². The molecule has 0 spiro atoms. The number of rotatable bonds is 5. The Hall–Kier alpha value is -1.55. The molecule has 88 valence electrons. The van der Waals surface area contributed by atoms with Gasteiger partial charge in [-0.3, -0.25) is 0 Å². The van der Waals surface area contributed by atoms with Crippen molar-refractivity contribution in [3.8, 4) is 0 Å². The van der Waals surface area contributed by atoms with Gasteiger partial charge in [-0.1, -0.05) is 40.2 Å². The van der Waals surface area contributed by atoms with Crippen molar-refractivity contribution < 1.29 is 0 Å². The number of nitrogens with zero attached hydrogens (tertiary/aromatic N) is 2. The number of hydrogen-bond acceptors (Lipinski definition) is 2. The highest BCUT2D eigenvalue weighted by atomic mass is 79.9. The average Bonchev–Trinajstić information content (AvgIpc) is 2.77. The normalized spacial score (nSPS) is 10.2. The number of benzene rings is 1. The van der Waals surface area contributed by atoms with E-state index in [9.17, 15) is 0 Å². The average molecular weight is 292 g/mol. The Bertz CT molecular complexity index is 505. The van der Waals surface area contributed by atoms with E-state index in [1.54, 1.807) is 6.20 Å². The number of hydrogen-bond donors (Lipinski definition) is 1. The number of anilines is 1. The van der Waals surface area contributed by atoms with Gasteiger partial charge in [0.05, 0.1) is 6.54 Å². The standard InChI is InChI=1S/C13H14BrN3/c1-2-7-15-13-16-8-9-17(13)10-11-5-3-4-6-12(11)14/h2-6,8-9H,1,7,10H2,(H,15,16). The van der Waals surface area contributed by atoms with Gasteiger partial charge in [-0.05, 0) is 11.6 Å². The molecule has 0 radical (unpaired) electrons. The Balaban J connectivity index is 2.16. The molecule has 1 aromatic heterocycles. The minimum Gasteiger partial charge on any atom is -0.352 e. The van der Waals surface area contributed by atoms with E-state index >= 15 is 0 Å². The predicted octanol–water partition coefficient (Wildman–Crippen LogP) is 3.29. The molecule has 0 fully saturated rings. The fourth-order valence-corrected chi connectivity index (χ4v) is 1.99. The molecule has 1 aromatic carbocycles. The van der Waals surface area contributed by atoms with Crippen LogP contribution < -0.4 is 5.32 Å². The molecule has 3 nitrogen and oxygen atoms in total. The van der Waals surface area contributed by atoms with E-state index < -0.39 is 0 Å². The summed E-state index contributed by atoms with van der Waals surface area (Å²) >= 11 is 3.55. The first-order chi connectivity index (χ1) is 8.31. The van der Waals surface area contributed by atoms with Gasteiger partial charge in [0.15, 0.2) is 0 Å². The molecule has 0 bridgehead atoms. The van der Waals surface area contributed by atoms with E-state index in [1.165, 1.54) is 5.56 Å². The van der Waals surface area contributed by atoms with Crippen molar-refractivity contribution in [2.24, 2.45) is 0 Å². The third-order valence-corrected chi connectivity index (χ3v) is 3.19. The topological polar surface area (TPSA) is 29.9 Å². The van der Waals surface area contributed by atoms with Crippen LogP contribution in [0.5, 0.6) is 0 Å². The molecular formula is C13H14BrN3. The van der Waals surface area contributed by atoms with Crippen LogP contribution in [0, 0.1) is 0 Å². The summed E-state index contributed by atoms with van der Waals surface area (Å²) in [6, 6.07) is 8.19. The SMILES string of the molecule is C=CCNc1nccn1Cc1ccccc1Br. The lowest BCUT2D eigenvalue weighted by Crippen LogP contribution is -2.08. The molecule has 1 heterocycles. The van der Waals surface area contributed by atoms with Gasteiger partial charge >= 0.3 is 0 Å². The van der Waals surface area contributed by atoms with Crippen molar-refractivity contribution in [1.82, 2.24) is 9.55 Å². The summed E-state index contributed by atoms with van der Waals surface area (Å²) in [5.74, 6) is 0.862. The fourth-order valence-electron chi connectivity index (χ4n) is 1.58. The van der Waals surface area contributed by atoms with Crippen molar-refractivity contribution in [3.63, 3.8) is 0 Å². The lowest BCUT2D eigenvalue weighted by Gasteiger charge is -2.09. The fraction of sp³-hybridized carbons (Fsp3) is 0.154. The summed E-state index contributed by atoms with van der Waals surface area (Å²) < 4.78 is 3.19. The van der Waals surface area contributed by atoms with Crippen molar-refractivity contribution >= 4 is 21.9 Å². The molecule has 4 heteroatoms. The minimum absolute atomic E-state index is 0.715. The first kappa shape index (κ1) is 11.9. The van der Waals surface area contributed by atoms with Gasteiger partial charge in [0.1, 0.15) is 0 Å². The molecule has 0 unspecified atom stereocenters. The summed E-state index contributed by atoms with van der Waals surface area (Å²) in [6.45, 7) is 5.19. The van der Waals surface area contributed by atoms with E-state index in [1.807, 2.05) is 30.5 Å². The molecule has 0 aliphatic carbocycles. The van der Waals surface area contributed by atoms with Crippen LogP contribution in [0.25, 0.3) is 0 Å². The van der Waals surface area contributed by atoms with E-state index in [0.29, 0.717) is 6.54 Å². The number of nitrogens with one attached hydrogen (secondary N) is 1. The predicted molar refractivity (Wildman–Crippen MR) is 74.2 cm³/mol. The van der Waals surface area contributed by atoms with E-state index in [2.05, 4.69) is 43.4 Å². The molecule has 0 amide bonds. The summed E-state index contributed by atoms with van der Waals surface area (Å²) in [4.78, 5) is 4.27. The Morgan fingerprint density at radius 3 is 3.00 bits per heavy atom. The van der Waals surface area contributed by atoms with E-state index in [-0.39, 0.29) is 0 Å². The zero-order chi connectivity index (χ0) is 12.1. The molecule has 0 aliphatic rings. The van der Waals surface area contributed by atoms with Crippen LogP contribution in [0.2, 0.25) is 0 Å². The molecule has 17 heavy (non-hydrogen) atoms. The van der Waals surface area contributed by atoms with E-state index in [4.69, 9.17) is 0 Å². The van der Waals surface area contributed by atoms with Crippen LogP contribution in [0.3, 0.4) is 0 Å². The van der Waals surface area contributed by atoms with Gasteiger partial charge < -0.3 is 9.88 Å². The zero-order valence-electron chi connectivity index (χ0n) is 9.44. The Labute approximate surface area is 109 Å². The number of aromatic nitrogens is 2. The molecule has 1 N–H and O–H groups in total. The Morgan fingerprint density at radius 2 is 2.24 bits per heavy atom. The van der Waals surface area contributed by atoms with Crippen LogP contribution >= 0.6 is 15.9 Å². The summed E-state index contributed by atoms with van der Waals surface area (Å²) in [5.41, 5.74) is 1.23. The van der Waals surface area contributed by atoms with E-state index in [0.717, 1.165) is 17.0 Å². The highest BCUT2D eigenvalue weighted by molar-refractivity contribution is 9.10. The summed E-state index contributed by atoms with van der Waals surface area (Å²) in [5, 5.41) is 3.20. The van der Waals surface area contributed by atoms with Crippen LogP contribution in [0.4, 0.5) is 5.95 Å². The van der Waals surface area contributed by atoms with Crippen LogP contribution in [0.1, 0.15) is 5.56 Å². The lowest BCUT2D eigenvalue weighted by atomic mass is 10.2. The van der Waals surface area contributed by atoms with Crippen molar-refractivity contribution in [3.05, 3.63) is 59.4 Å². The minimum atomic E-state index is 0.715. The summed E-state index contributed by atoms with van der Waals surface area (Å²) in [7, 11) is 0. The maximum absolute atomic E-state index is 4.27. The molecule has 0 saturated carbocycles. The molecule has 0 atom stereocenters. The van der Waals surface area contributed by atoms with Gasteiger partial charge in [-0.15, -0.1) is 6.58 Å². The molecular weight excluding hydrogens is 278 g/mol. The number of halogens is 1. The van der Waals surface area contributed by atoms with Crippen molar-refractivity contribution in [1.29, 1.82) is 0 Å². The Kier molecular flexibility index (Phi) is 3.98. The van der Waals surface area contributed by atoms with Gasteiger partial charge in [-0.25, -0.2) is 4.98 Å². The van der Waals surface area contributed by atoms with Gasteiger partial charge in [0.25, 0.3) is 0 Å². The molecule has 0 saturated heterocycles. The van der Waals surface area contributed by atoms with Crippen LogP contribution in [-0.4, -0.2) is 16.1 Å².